The van der Waals surface area contributed by atoms with E-state index in [1.165, 1.54) is 9.47 Å². The number of amides is 2. The van der Waals surface area contributed by atoms with Crippen molar-refractivity contribution in [2.75, 3.05) is 6.54 Å². The Bertz CT molecular complexity index is 1360. The van der Waals surface area contributed by atoms with Crippen molar-refractivity contribution in [3.05, 3.63) is 99.5 Å². The Labute approximate surface area is 220 Å². The summed E-state index contributed by atoms with van der Waals surface area (Å²) in [5, 5.41) is 2.87. The van der Waals surface area contributed by atoms with Crippen LogP contribution in [0.4, 0.5) is 8.78 Å². The zero-order valence-electron chi connectivity index (χ0n) is 21.7. The van der Waals surface area contributed by atoms with Crippen molar-refractivity contribution in [3.8, 4) is 0 Å². The summed E-state index contributed by atoms with van der Waals surface area (Å²) in [6.45, 7) is 5.76. The molecule has 1 fully saturated rings. The molecule has 3 heterocycles. The molecule has 1 aliphatic heterocycles. The predicted octanol–water partition coefficient (Wildman–Crippen LogP) is 3.91. The molecule has 2 aromatic heterocycles. The predicted molar refractivity (Wildman–Crippen MR) is 140 cm³/mol. The summed E-state index contributed by atoms with van der Waals surface area (Å²) in [4.78, 5) is 44.6. The first-order chi connectivity index (χ1) is 18.2. The second-order valence-electron chi connectivity index (χ2n) is 9.82. The van der Waals surface area contributed by atoms with Crippen molar-refractivity contribution in [3.63, 3.8) is 0 Å². The molecule has 1 N–H and O–H groups in total. The van der Waals surface area contributed by atoms with Gasteiger partial charge in [0.05, 0.1) is 24.7 Å². The zero-order valence-corrected chi connectivity index (χ0v) is 21.7. The molecule has 0 saturated carbocycles. The average molecular weight is 523 g/mol. The summed E-state index contributed by atoms with van der Waals surface area (Å²) in [5.41, 5.74) is 1.42. The second kappa shape index (κ2) is 11.7. The number of aromatic nitrogens is 2. The number of hydrogen-bond acceptors (Lipinski definition) is 4. The SMILES string of the molecule is CCn1cccc(CC(=O)N2CC(F)CC2C(=O)NC(c2ccccc2)c2ccc(C(C)C)c(F)n2)c1=O. The second-order valence-corrected chi connectivity index (χ2v) is 9.82. The Morgan fingerprint density at radius 1 is 1.11 bits per heavy atom. The van der Waals surface area contributed by atoms with Crippen LogP contribution in [0.25, 0.3) is 0 Å². The van der Waals surface area contributed by atoms with E-state index >= 15 is 0 Å². The van der Waals surface area contributed by atoms with Crippen molar-refractivity contribution >= 4 is 11.8 Å². The van der Waals surface area contributed by atoms with Gasteiger partial charge in [-0.3, -0.25) is 14.4 Å². The van der Waals surface area contributed by atoms with Gasteiger partial charge in [-0.25, -0.2) is 9.37 Å². The number of halogens is 2. The Morgan fingerprint density at radius 3 is 2.50 bits per heavy atom. The Balaban J connectivity index is 1.59. The van der Waals surface area contributed by atoms with E-state index in [9.17, 15) is 23.2 Å². The fourth-order valence-corrected chi connectivity index (χ4v) is 4.81. The quantitative estimate of drug-likeness (QED) is 0.455. The van der Waals surface area contributed by atoms with Crippen LogP contribution >= 0.6 is 0 Å². The maximum absolute atomic E-state index is 14.8. The number of nitrogens with zero attached hydrogens (tertiary/aromatic N) is 3. The van der Waals surface area contributed by atoms with E-state index in [1.807, 2.05) is 26.8 Å². The summed E-state index contributed by atoms with van der Waals surface area (Å²) >= 11 is 0. The molecule has 2 amide bonds. The van der Waals surface area contributed by atoms with Gasteiger partial charge in [-0.05, 0) is 30.5 Å². The van der Waals surface area contributed by atoms with Crippen LogP contribution in [0.1, 0.15) is 61.5 Å². The van der Waals surface area contributed by atoms with Gasteiger partial charge in [0.25, 0.3) is 5.56 Å². The number of carbonyl (C=O) groups is 2. The van der Waals surface area contributed by atoms with Gasteiger partial charge in [-0.2, -0.15) is 4.39 Å². The van der Waals surface area contributed by atoms with Gasteiger partial charge in [0.15, 0.2) is 0 Å². The van der Waals surface area contributed by atoms with Crippen LogP contribution in [-0.4, -0.2) is 45.0 Å². The van der Waals surface area contributed by atoms with Gasteiger partial charge >= 0.3 is 0 Å². The van der Waals surface area contributed by atoms with Crippen LogP contribution in [0.15, 0.2) is 65.6 Å². The number of benzene rings is 1. The highest BCUT2D eigenvalue weighted by atomic mass is 19.1. The van der Waals surface area contributed by atoms with Gasteiger partial charge in [0.2, 0.25) is 17.8 Å². The van der Waals surface area contributed by atoms with E-state index in [-0.39, 0.29) is 36.4 Å². The Morgan fingerprint density at radius 2 is 1.84 bits per heavy atom. The van der Waals surface area contributed by atoms with Crippen LogP contribution in [0.3, 0.4) is 0 Å². The van der Waals surface area contributed by atoms with E-state index in [2.05, 4.69) is 10.3 Å². The topological polar surface area (TPSA) is 84.3 Å². The lowest BCUT2D eigenvalue weighted by molar-refractivity contribution is -0.138. The van der Waals surface area contributed by atoms with Crippen molar-refractivity contribution in [2.24, 2.45) is 0 Å². The van der Waals surface area contributed by atoms with Crippen LogP contribution in [0.5, 0.6) is 0 Å². The molecule has 4 rings (SSSR count). The molecular weight excluding hydrogens is 490 g/mol. The monoisotopic (exact) mass is 522 g/mol. The molecule has 0 aliphatic carbocycles. The van der Waals surface area contributed by atoms with Crippen molar-refractivity contribution < 1.29 is 18.4 Å². The van der Waals surface area contributed by atoms with Crippen molar-refractivity contribution in [1.82, 2.24) is 19.8 Å². The normalized spacial score (nSPS) is 18.0. The van der Waals surface area contributed by atoms with Gasteiger partial charge in [-0.15, -0.1) is 0 Å². The zero-order chi connectivity index (χ0) is 27.4. The van der Waals surface area contributed by atoms with E-state index in [0.717, 1.165) is 0 Å². The standard InChI is InChI=1S/C29H32F2N4O3/c1-4-34-14-8-11-20(29(34)38)15-25(36)35-17-21(30)16-24(35)28(37)33-26(19-9-6-5-7-10-19)23-13-12-22(18(2)3)27(31)32-23/h5-14,18,21,24,26H,4,15-17H2,1-3H3,(H,33,37). The van der Waals surface area contributed by atoms with E-state index in [4.69, 9.17) is 0 Å². The fraction of sp³-hybridized carbons (Fsp3) is 0.379. The minimum Gasteiger partial charge on any atom is -0.342 e. The Kier molecular flexibility index (Phi) is 8.34. The van der Waals surface area contributed by atoms with Crippen molar-refractivity contribution in [1.29, 1.82) is 0 Å². The third kappa shape index (κ3) is 5.82. The molecule has 3 aromatic rings. The molecule has 3 atom stereocenters. The number of likely N-dealkylation sites (tertiary alicyclic amines) is 1. The molecule has 0 spiro atoms. The molecule has 0 bridgehead atoms. The molecule has 1 aromatic carbocycles. The number of hydrogen-bond donors (Lipinski definition) is 1. The van der Waals surface area contributed by atoms with Crippen LogP contribution in [-0.2, 0) is 22.6 Å². The number of alkyl halides is 1. The van der Waals surface area contributed by atoms with Crippen LogP contribution in [0.2, 0.25) is 0 Å². The highest BCUT2D eigenvalue weighted by Crippen LogP contribution is 2.27. The molecule has 7 nitrogen and oxygen atoms in total. The van der Waals surface area contributed by atoms with E-state index in [0.29, 0.717) is 23.4 Å². The summed E-state index contributed by atoms with van der Waals surface area (Å²) < 4.78 is 30.8. The molecule has 1 saturated heterocycles. The fourth-order valence-electron chi connectivity index (χ4n) is 4.81. The summed E-state index contributed by atoms with van der Waals surface area (Å²) in [6, 6.07) is 13.7. The number of aryl methyl sites for hydroxylation is 1. The molecular formula is C29H32F2N4O3. The van der Waals surface area contributed by atoms with Crippen molar-refractivity contribution in [2.45, 2.75) is 64.3 Å². The minimum absolute atomic E-state index is 0.0630. The summed E-state index contributed by atoms with van der Waals surface area (Å²) in [7, 11) is 0. The molecule has 3 unspecified atom stereocenters. The first kappa shape index (κ1) is 27.2. The maximum Gasteiger partial charge on any atom is 0.254 e. The number of rotatable bonds is 8. The molecule has 1 aliphatic rings. The lowest BCUT2D eigenvalue weighted by atomic mass is 9.99. The van der Waals surface area contributed by atoms with Gasteiger partial charge in [0.1, 0.15) is 12.2 Å². The summed E-state index contributed by atoms with van der Waals surface area (Å²) in [5.74, 6) is -1.75. The Hall–Kier alpha value is -3.88. The number of carbonyl (C=O) groups excluding carboxylic acids is 2. The third-order valence-corrected chi connectivity index (χ3v) is 6.89. The highest BCUT2D eigenvalue weighted by Gasteiger charge is 2.40. The number of pyridine rings is 2. The lowest BCUT2D eigenvalue weighted by Crippen LogP contribution is -2.48. The summed E-state index contributed by atoms with van der Waals surface area (Å²) in [6.07, 6.45) is -0.147. The first-order valence-electron chi connectivity index (χ1n) is 12.8. The smallest absolute Gasteiger partial charge is 0.254 e. The maximum atomic E-state index is 14.8. The lowest BCUT2D eigenvalue weighted by Gasteiger charge is -2.27. The van der Waals surface area contributed by atoms with Crippen LogP contribution in [0, 0.1) is 5.95 Å². The van der Waals surface area contributed by atoms with Gasteiger partial charge in [0, 0.05) is 30.3 Å². The molecule has 0 radical (unpaired) electrons. The molecule has 38 heavy (non-hydrogen) atoms. The number of nitrogens with one attached hydrogen (secondary N) is 1. The highest BCUT2D eigenvalue weighted by molar-refractivity contribution is 5.89. The molecule has 200 valence electrons. The van der Waals surface area contributed by atoms with Gasteiger partial charge < -0.3 is 14.8 Å². The van der Waals surface area contributed by atoms with Gasteiger partial charge in [-0.1, -0.05) is 56.3 Å². The van der Waals surface area contributed by atoms with E-state index < -0.39 is 36.0 Å². The largest absolute Gasteiger partial charge is 0.342 e. The minimum atomic E-state index is -1.38. The molecule has 9 heteroatoms. The first-order valence-corrected chi connectivity index (χ1v) is 12.8. The third-order valence-electron chi connectivity index (χ3n) is 6.89. The van der Waals surface area contributed by atoms with Crippen LogP contribution < -0.4 is 10.9 Å². The van der Waals surface area contributed by atoms with E-state index in [1.54, 1.807) is 54.7 Å². The average Bonchev–Trinajstić information content (AvgIpc) is 3.30.